The average Bonchev–Trinajstić information content (AvgIpc) is 3.31. The predicted molar refractivity (Wildman–Crippen MR) is 299 cm³/mol. The van der Waals surface area contributed by atoms with Crippen LogP contribution in [0.4, 0.5) is 0 Å². The Morgan fingerprint density at radius 3 is 0.956 bits per heavy atom. The molecule has 11 aromatic rings. The van der Waals surface area contributed by atoms with Gasteiger partial charge in [-0.3, -0.25) is 0 Å². The minimum Gasteiger partial charge on any atom is -0.0616 e. The second-order valence-corrected chi connectivity index (χ2v) is 23.8. The molecule has 0 amide bonds. The van der Waals surface area contributed by atoms with E-state index in [4.69, 9.17) is 0 Å². The Morgan fingerprint density at radius 2 is 0.529 bits per heavy atom. The minimum atomic E-state index is 0.0252. The molecule has 0 aliphatic rings. The molecule has 11 aromatic carbocycles. The van der Waals surface area contributed by atoms with Gasteiger partial charge in [0.05, 0.1) is 0 Å². The van der Waals surface area contributed by atoms with Gasteiger partial charge in [-0.05, 0) is 159 Å². The Balaban J connectivity index is 1.40. The zero-order valence-corrected chi connectivity index (χ0v) is 42.2. The first-order valence-electron chi connectivity index (χ1n) is 24.8. The van der Waals surface area contributed by atoms with Crippen LogP contribution in [0.25, 0.3) is 109 Å². The summed E-state index contributed by atoms with van der Waals surface area (Å²) in [6.45, 7) is 27.7. The fourth-order valence-corrected chi connectivity index (χ4v) is 11.2. The second-order valence-electron chi connectivity index (χ2n) is 23.8. The van der Waals surface area contributed by atoms with Crippen molar-refractivity contribution in [2.75, 3.05) is 0 Å². The number of fused-ring (bicyclic) bond motifs is 6. The lowest BCUT2D eigenvalue weighted by molar-refractivity contribution is 0.590. The Bertz CT molecular complexity index is 3740. The van der Waals surface area contributed by atoms with E-state index in [0.29, 0.717) is 0 Å². The van der Waals surface area contributed by atoms with Gasteiger partial charge in [-0.15, -0.1) is 0 Å². The molecule has 11 rings (SSSR count). The SMILES string of the molecule is CC(C)(C)c1ccc(-c2c(-c3ccc(C(C)(C)C)cc3)c3cc4c(-c5ccc(C(C)(C)C)cc5)c(-c5ccc(C(C)(C)C)cc5)c5ccc6ccccc6c5c4c4ccc5cccc2c5c34)cc1. The van der Waals surface area contributed by atoms with E-state index in [-0.39, 0.29) is 21.7 Å². The number of hydrogen-bond donors (Lipinski definition) is 0. The van der Waals surface area contributed by atoms with Crippen molar-refractivity contribution in [3.63, 3.8) is 0 Å². The van der Waals surface area contributed by atoms with Gasteiger partial charge in [-0.25, -0.2) is 0 Å². The quantitative estimate of drug-likeness (QED) is 0.122. The van der Waals surface area contributed by atoms with Gasteiger partial charge in [-0.1, -0.05) is 247 Å². The molecule has 0 heteroatoms. The minimum absolute atomic E-state index is 0.0252. The zero-order valence-electron chi connectivity index (χ0n) is 42.2. The molecular formula is C68H64. The number of benzene rings is 11. The Labute approximate surface area is 404 Å². The maximum absolute atomic E-state index is 2.62. The molecule has 0 aliphatic heterocycles. The van der Waals surface area contributed by atoms with Crippen molar-refractivity contribution in [3.05, 3.63) is 192 Å². The summed E-state index contributed by atoms with van der Waals surface area (Å²) in [5.41, 5.74) is 15.6. The molecule has 0 saturated carbocycles. The molecule has 0 saturated heterocycles. The number of rotatable bonds is 4. The van der Waals surface area contributed by atoms with Gasteiger partial charge in [0.25, 0.3) is 0 Å². The van der Waals surface area contributed by atoms with Crippen LogP contribution < -0.4 is 0 Å². The highest BCUT2D eigenvalue weighted by Crippen LogP contribution is 2.54. The van der Waals surface area contributed by atoms with Crippen molar-refractivity contribution in [3.8, 4) is 44.5 Å². The first-order chi connectivity index (χ1) is 32.3. The molecule has 68 heavy (non-hydrogen) atoms. The van der Waals surface area contributed by atoms with Crippen LogP contribution >= 0.6 is 0 Å². The van der Waals surface area contributed by atoms with Crippen LogP contribution in [0.5, 0.6) is 0 Å². The third kappa shape index (κ3) is 7.10. The highest BCUT2D eigenvalue weighted by molar-refractivity contribution is 6.41. The molecule has 0 spiro atoms. The molecule has 336 valence electrons. The monoisotopic (exact) mass is 881 g/mol. The van der Waals surface area contributed by atoms with Crippen molar-refractivity contribution in [1.82, 2.24) is 0 Å². The third-order valence-corrected chi connectivity index (χ3v) is 15.1. The van der Waals surface area contributed by atoms with E-state index < -0.39 is 0 Å². The smallest absolute Gasteiger partial charge is 0.00132 e. The summed E-state index contributed by atoms with van der Waals surface area (Å²) in [6, 6.07) is 66.2. The summed E-state index contributed by atoms with van der Waals surface area (Å²) in [5, 5.41) is 15.5. The number of hydrogen-bond acceptors (Lipinski definition) is 0. The van der Waals surface area contributed by atoms with E-state index in [1.807, 2.05) is 0 Å². The molecule has 0 N–H and O–H groups in total. The summed E-state index contributed by atoms with van der Waals surface area (Å²) < 4.78 is 0. The lowest BCUT2D eigenvalue weighted by Gasteiger charge is -2.26. The van der Waals surface area contributed by atoms with Gasteiger partial charge in [0.15, 0.2) is 0 Å². The van der Waals surface area contributed by atoms with Crippen LogP contribution in [-0.2, 0) is 21.7 Å². The molecule has 0 atom stereocenters. The van der Waals surface area contributed by atoms with Gasteiger partial charge < -0.3 is 0 Å². The maximum Gasteiger partial charge on any atom is -0.00132 e. The van der Waals surface area contributed by atoms with Crippen LogP contribution in [-0.4, -0.2) is 0 Å². The van der Waals surface area contributed by atoms with Crippen molar-refractivity contribution in [1.29, 1.82) is 0 Å². The topological polar surface area (TPSA) is 0 Å². The Hall–Kier alpha value is -6.76. The summed E-state index contributed by atoms with van der Waals surface area (Å²) in [6.07, 6.45) is 0. The van der Waals surface area contributed by atoms with Crippen molar-refractivity contribution in [2.45, 2.75) is 105 Å². The van der Waals surface area contributed by atoms with E-state index in [0.717, 1.165) is 0 Å². The molecule has 0 bridgehead atoms. The summed E-state index contributed by atoms with van der Waals surface area (Å²) in [7, 11) is 0. The summed E-state index contributed by atoms with van der Waals surface area (Å²) in [5.74, 6) is 0. The molecule has 0 nitrogen and oxygen atoms in total. The normalized spacial score (nSPS) is 13.0. The van der Waals surface area contributed by atoms with Crippen LogP contribution in [0.1, 0.15) is 105 Å². The van der Waals surface area contributed by atoms with Crippen molar-refractivity contribution in [2.24, 2.45) is 0 Å². The van der Waals surface area contributed by atoms with E-state index in [2.05, 4.69) is 253 Å². The van der Waals surface area contributed by atoms with Crippen molar-refractivity contribution >= 4 is 64.6 Å². The fourth-order valence-electron chi connectivity index (χ4n) is 11.2. The third-order valence-electron chi connectivity index (χ3n) is 15.1. The van der Waals surface area contributed by atoms with Crippen molar-refractivity contribution < 1.29 is 0 Å². The molecule has 0 aromatic heterocycles. The van der Waals surface area contributed by atoms with E-state index in [1.165, 1.54) is 131 Å². The van der Waals surface area contributed by atoms with Crippen LogP contribution in [0.2, 0.25) is 0 Å². The van der Waals surface area contributed by atoms with Crippen LogP contribution in [0, 0.1) is 0 Å². The maximum atomic E-state index is 2.62. The largest absolute Gasteiger partial charge is 0.0616 e. The summed E-state index contributed by atoms with van der Waals surface area (Å²) in [4.78, 5) is 0. The predicted octanol–water partition coefficient (Wildman–Crippen LogP) is 19.9. The van der Waals surface area contributed by atoms with Crippen LogP contribution in [0.15, 0.2) is 170 Å². The lowest BCUT2D eigenvalue weighted by Crippen LogP contribution is -2.10. The molecule has 0 aliphatic carbocycles. The Morgan fingerprint density at radius 1 is 0.221 bits per heavy atom. The van der Waals surface area contributed by atoms with Gasteiger partial charge in [0.1, 0.15) is 0 Å². The highest BCUT2D eigenvalue weighted by atomic mass is 14.3. The first kappa shape index (κ1) is 43.8. The second kappa shape index (κ2) is 15.4. The van der Waals surface area contributed by atoms with Gasteiger partial charge in [0.2, 0.25) is 0 Å². The zero-order chi connectivity index (χ0) is 47.7. The van der Waals surface area contributed by atoms with Crippen LogP contribution in [0.3, 0.4) is 0 Å². The average molecular weight is 881 g/mol. The lowest BCUT2D eigenvalue weighted by atomic mass is 9.77. The molecule has 0 radical (unpaired) electrons. The van der Waals surface area contributed by atoms with E-state index >= 15 is 0 Å². The summed E-state index contributed by atoms with van der Waals surface area (Å²) >= 11 is 0. The fraction of sp³-hybridized carbons (Fsp3) is 0.235. The molecular weight excluding hydrogens is 817 g/mol. The molecule has 0 unspecified atom stereocenters. The van der Waals surface area contributed by atoms with Gasteiger partial charge in [-0.2, -0.15) is 0 Å². The van der Waals surface area contributed by atoms with Gasteiger partial charge in [0, 0.05) is 0 Å². The standard InChI is InChI=1S/C68H64/c1-65(2,3)47-30-20-43(21-31-47)57-52-19-15-17-42-29-39-54-63(59(42)52)55(60(57)45-24-34-49(35-25-45)67(7,8)9)40-56-61(46-26-36-50(37-27-46)68(10,11)12)58(44-22-32-48(33-23-44)66(4,5)6)53-38-28-41-16-13-14-18-51(41)62(53)64(54)56/h13-40H,1-12H3. The first-order valence-corrected chi connectivity index (χ1v) is 24.8. The highest BCUT2D eigenvalue weighted by Gasteiger charge is 2.28. The van der Waals surface area contributed by atoms with Gasteiger partial charge >= 0.3 is 0 Å². The van der Waals surface area contributed by atoms with E-state index in [9.17, 15) is 0 Å². The van der Waals surface area contributed by atoms with E-state index in [1.54, 1.807) is 0 Å². The Kier molecular flexibility index (Phi) is 9.90. The molecule has 0 fully saturated rings. The molecule has 0 heterocycles.